The maximum atomic E-state index is 12.2. The second kappa shape index (κ2) is 6.26. The van der Waals surface area contributed by atoms with Gasteiger partial charge in [0.2, 0.25) is 5.91 Å². The Balaban J connectivity index is 3.11. The van der Waals surface area contributed by atoms with Crippen LogP contribution in [0.15, 0.2) is 23.1 Å². The maximum absolute atomic E-state index is 12.2. The predicted molar refractivity (Wildman–Crippen MR) is 80.3 cm³/mol. The third kappa shape index (κ3) is 3.72. The summed E-state index contributed by atoms with van der Waals surface area (Å²) in [4.78, 5) is 13.7. The Kier molecular flexibility index (Phi) is 5.16. The molecule has 5 nitrogen and oxygen atoms in total. The van der Waals surface area contributed by atoms with Crippen molar-refractivity contribution in [2.75, 3.05) is 19.0 Å². The molecule has 1 aromatic rings. The van der Waals surface area contributed by atoms with Crippen LogP contribution in [0, 0.1) is 12.8 Å². The number of hydrogen-bond acceptors (Lipinski definition) is 4. The van der Waals surface area contributed by atoms with E-state index in [2.05, 4.69) is 4.72 Å². The number of nitrogens with one attached hydrogen (secondary N) is 1. The average molecular weight is 298 g/mol. The number of anilines is 1. The summed E-state index contributed by atoms with van der Waals surface area (Å²) in [5.74, 6) is -0.803. The van der Waals surface area contributed by atoms with Gasteiger partial charge in [0.15, 0.2) is 0 Å². The van der Waals surface area contributed by atoms with Gasteiger partial charge in [0.1, 0.15) is 0 Å². The molecule has 1 atom stereocenters. The van der Waals surface area contributed by atoms with Crippen LogP contribution >= 0.6 is 0 Å². The number of benzene rings is 1. The van der Waals surface area contributed by atoms with Gasteiger partial charge in [-0.2, -0.15) is 0 Å². The second-order valence-electron chi connectivity index (χ2n) is 5.12. The molecule has 0 spiro atoms. The number of rotatable bonds is 5. The highest BCUT2D eigenvalue weighted by molar-refractivity contribution is 7.90. The molecule has 1 amide bonds. The third-order valence-electron chi connectivity index (χ3n) is 3.27. The number of carbonyl (C=O) groups excluding carboxylic acids is 1. The molecule has 1 N–H and O–H groups in total. The zero-order valence-electron chi connectivity index (χ0n) is 12.6. The highest BCUT2D eigenvalue weighted by Crippen LogP contribution is 2.22. The van der Waals surface area contributed by atoms with E-state index in [-0.39, 0.29) is 10.8 Å². The van der Waals surface area contributed by atoms with Gasteiger partial charge in [-0.15, -0.1) is 0 Å². The van der Waals surface area contributed by atoms with Crippen LogP contribution in [0.5, 0.6) is 0 Å². The largest absolute Gasteiger partial charge is 0.377 e. The third-order valence-corrected chi connectivity index (χ3v) is 4.61. The molecule has 1 rings (SSSR count). The quantitative estimate of drug-likeness (QED) is 0.902. The van der Waals surface area contributed by atoms with Crippen LogP contribution in [-0.2, 0) is 14.8 Å². The molecule has 0 aliphatic carbocycles. The maximum Gasteiger partial charge on any atom is 0.264 e. The molecular formula is C14H22N2O3S. The first kappa shape index (κ1) is 16.5. The van der Waals surface area contributed by atoms with E-state index in [1.54, 1.807) is 19.1 Å². The van der Waals surface area contributed by atoms with Gasteiger partial charge in [-0.25, -0.2) is 13.1 Å². The first-order valence-corrected chi connectivity index (χ1v) is 8.02. The Hall–Kier alpha value is -1.56. The Morgan fingerprint density at radius 1 is 1.35 bits per heavy atom. The van der Waals surface area contributed by atoms with Crippen molar-refractivity contribution in [2.45, 2.75) is 32.1 Å². The molecule has 112 valence electrons. The normalized spacial score (nSPS) is 12.8. The number of carbonyl (C=O) groups is 1. The minimum atomic E-state index is -3.81. The van der Waals surface area contributed by atoms with Crippen molar-refractivity contribution < 1.29 is 13.2 Å². The minimum absolute atomic E-state index is 0.100. The second-order valence-corrected chi connectivity index (χ2v) is 6.80. The van der Waals surface area contributed by atoms with Gasteiger partial charge < -0.3 is 4.90 Å². The van der Waals surface area contributed by atoms with Crippen molar-refractivity contribution >= 4 is 21.6 Å². The van der Waals surface area contributed by atoms with Crippen molar-refractivity contribution in [3.8, 4) is 0 Å². The minimum Gasteiger partial charge on any atom is -0.377 e. The Morgan fingerprint density at radius 2 is 1.95 bits per heavy atom. The van der Waals surface area contributed by atoms with E-state index in [0.717, 1.165) is 11.3 Å². The highest BCUT2D eigenvalue weighted by atomic mass is 32.2. The van der Waals surface area contributed by atoms with E-state index < -0.39 is 15.9 Å². The van der Waals surface area contributed by atoms with Gasteiger partial charge in [0.05, 0.1) is 4.90 Å². The van der Waals surface area contributed by atoms with Gasteiger partial charge in [-0.1, -0.05) is 19.9 Å². The molecule has 6 heteroatoms. The van der Waals surface area contributed by atoms with Gasteiger partial charge in [0, 0.05) is 25.7 Å². The number of hydrogen-bond donors (Lipinski definition) is 1. The fourth-order valence-electron chi connectivity index (χ4n) is 1.72. The summed E-state index contributed by atoms with van der Waals surface area (Å²) in [6.45, 7) is 5.45. The fraction of sp³-hybridized carbons (Fsp3) is 0.500. The summed E-state index contributed by atoms with van der Waals surface area (Å²) >= 11 is 0. The molecule has 0 radical (unpaired) electrons. The Morgan fingerprint density at radius 3 is 2.45 bits per heavy atom. The lowest BCUT2D eigenvalue weighted by Gasteiger charge is -2.17. The van der Waals surface area contributed by atoms with Crippen LogP contribution in [0.2, 0.25) is 0 Å². The molecule has 0 unspecified atom stereocenters. The summed E-state index contributed by atoms with van der Waals surface area (Å²) in [5, 5.41) is 0. The first-order chi connectivity index (χ1) is 9.19. The summed E-state index contributed by atoms with van der Waals surface area (Å²) < 4.78 is 26.5. The molecule has 0 saturated carbocycles. The van der Waals surface area contributed by atoms with E-state index in [4.69, 9.17) is 0 Å². The SMILES string of the molecule is CC[C@H](C)C(=O)NS(=O)(=O)c1ccc(C)c(N(C)C)c1. The summed E-state index contributed by atoms with van der Waals surface area (Å²) in [6, 6.07) is 4.81. The molecule has 0 aromatic heterocycles. The number of nitrogens with zero attached hydrogens (tertiary/aromatic N) is 1. The summed E-state index contributed by atoms with van der Waals surface area (Å²) in [6.07, 6.45) is 0.595. The monoisotopic (exact) mass is 298 g/mol. The van der Waals surface area contributed by atoms with Crippen molar-refractivity contribution in [3.05, 3.63) is 23.8 Å². The zero-order valence-corrected chi connectivity index (χ0v) is 13.4. The molecular weight excluding hydrogens is 276 g/mol. The van der Waals surface area contributed by atoms with Crippen molar-refractivity contribution in [1.29, 1.82) is 0 Å². The summed E-state index contributed by atoms with van der Waals surface area (Å²) in [7, 11) is -0.126. The molecule has 0 aliphatic rings. The lowest BCUT2D eigenvalue weighted by molar-refractivity contribution is -0.122. The van der Waals surface area contributed by atoms with E-state index >= 15 is 0 Å². The number of sulfonamides is 1. The van der Waals surface area contributed by atoms with Crippen LogP contribution in [0.4, 0.5) is 5.69 Å². The molecule has 0 heterocycles. The average Bonchev–Trinajstić information content (AvgIpc) is 2.36. The zero-order chi connectivity index (χ0) is 15.5. The van der Waals surface area contributed by atoms with E-state index in [1.807, 2.05) is 32.8 Å². The molecule has 0 aliphatic heterocycles. The molecule has 0 saturated heterocycles. The van der Waals surface area contributed by atoms with Gasteiger partial charge >= 0.3 is 0 Å². The van der Waals surface area contributed by atoms with Crippen LogP contribution in [0.3, 0.4) is 0 Å². The lowest BCUT2D eigenvalue weighted by atomic mass is 10.1. The summed E-state index contributed by atoms with van der Waals surface area (Å²) in [5.41, 5.74) is 1.78. The van der Waals surface area contributed by atoms with Crippen LogP contribution in [0.25, 0.3) is 0 Å². The Labute approximate surface area is 121 Å². The smallest absolute Gasteiger partial charge is 0.264 e. The van der Waals surface area contributed by atoms with E-state index in [1.165, 1.54) is 6.07 Å². The van der Waals surface area contributed by atoms with E-state index in [9.17, 15) is 13.2 Å². The highest BCUT2D eigenvalue weighted by Gasteiger charge is 2.21. The fourth-order valence-corrected chi connectivity index (χ4v) is 2.81. The van der Waals surface area contributed by atoms with Crippen LogP contribution in [0.1, 0.15) is 25.8 Å². The molecule has 1 aromatic carbocycles. The molecule has 0 fully saturated rings. The van der Waals surface area contributed by atoms with Crippen LogP contribution < -0.4 is 9.62 Å². The Bertz CT molecular complexity index is 594. The molecule has 0 bridgehead atoms. The predicted octanol–water partition coefficient (Wildman–Crippen LogP) is 1.91. The molecule has 20 heavy (non-hydrogen) atoms. The van der Waals surface area contributed by atoms with Gasteiger partial charge in [0.25, 0.3) is 10.0 Å². The van der Waals surface area contributed by atoms with Crippen molar-refractivity contribution in [2.24, 2.45) is 5.92 Å². The number of amides is 1. The van der Waals surface area contributed by atoms with Crippen molar-refractivity contribution in [1.82, 2.24) is 4.72 Å². The topological polar surface area (TPSA) is 66.5 Å². The lowest BCUT2D eigenvalue weighted by Crippen LogP contribution is -2.34. The van der Waals surface area contributed by atoms with Crippen LogP contribution in [-0.4, -0.2) is 28.4 Å². The number of aryl methyl sites for hydroxylation is 1. The van der Waals surface area contributed by atoms with Crippen molar-refractivity contribution in [3.63, 3.8) is 0 Å². The van der Waals surface area contributed by atoms with Gasteiger partial charge in [-0.05, 0) is 31.0 Å². The van der Waals surface area contributed by atoms with E-state index in [0.29, 0.717) is 6.42 Å². The standard InChI is InChI=1S/C14H22N2O3S/c1-6-10(2)14(17)15-20(18,19)12-8-7-11(3)13(9-12)16(4)5/h7-10H,6H2,1-5H3,(H,15,17)/t10-/m0/s1. The first-order valence-electron chi connectivity index (χ1n) is 6.53. The van der Waals surface area contributed by atoms with Gasteiger partial charge in [-0.3, -0.25) is 4.79 Å².